The predicted molar refractivity (Wildman–Crippen MR) is 131 cm³/mol. The maximum absolute atomic E-state index is 12.5. The molecule has 6 nitrogen and oxygen atoms in total. The van der Waals surface area contributed by atoms with Gasteiger partial charge >= 0.3 is 5.97 Å². The third kappa shape index (κ3) is 5.91. The van der Waals surface area contributed by atoms with Gasteiger partial charge in [-0.1, -0.05) is 73.5 Å². The van der Waals surface area contributed by atoms with Crippen molar-refractivity contribution in [1.82, 2.24) is 0 Å². The lowest BCUT2D eigenvalue weighted by atomic mass is 9.84. The molecule has 0 aromatic heterocycles. The van der Waals surface area contributed by atoms with Crippen LogP contribution in [0.15, 0.2) is 82.6 Å². The first kappa shape index (κ1) is 23.7. The van der Waals surface area contributed by atoms with E-state index in [2.05, 4.69) is 0 Å². The Bertz CT molecular complexity index is 1170. The van der Waals surface area contributed by atoms with Gasteiger partial charge in [0.1, 0.15) is 0 Å². The van der Waals surface area contributed by atoms with E-state index in [1.165, 1.54) is 67.6 Å². The van der Waals surface area contributed by atoms with Crippen molar-refractivity contribution in [3.63, 3.8) is 0 Å². The van der Waals surface area contributed by atoms with Gasteiger partial charge < -0.3 is 4.74 Å². The molecule has 1 fully saturated rings. The Kier molecular flexibility index (Phi) is 7.75. The molecule has 0 saturated heterocycles. The summed E-state index contributed by atoms with van der Waals surface area (Å²) in [6.07, 6.45) is 6.13. The van der Waals surface area contributed by atoms with E-state index in [0.29, 0.717) is 16.4 Å². The van der Waals surface area contributed by atoms with E-state index in [1.807, 2.05) is 42.5 Å². The minimum atomic E-state index is -0.772. The minimum Gasteiger partial charge on any atom is -0.454 e. The topological polar surface area (TPSA) is 86.5 Å². The van der Waals surface area contributed by atoms with Crippen LogP contribution in [0.4, 0.5) is 5.69 Å². The van der Waals surface area contributed by atoms with Crippen molar-refractivity contribution in [3.8, 4) is 0 Å². The number of hydrogen-bond donors (Lipinski definition) is 0. The summed E-state index contributed by atoms with van der Waals surface area (Å²) in [5.41, 5.74) is 1.57. The Morgan fingerprint density at radius 3 is 2.26 bits per heavy atom. The van der Waals surface area contributed by atoms with Crippen LogP contribution >= 0.6 is 11.8 Å². The minimum absolute atomic E-state index is 0.0320. The summed E-state index contributed by atoms with van der Waals surface area (Å²) < 4.78 is 5.17. The Balaban J connectivity index is 1.38. The molecule has 4 rings (SSSR count). The number of nitro benzene ring substituents is 1. The molecular formula is C27H25NO5S. The number of nitro groups is 1. The lowest BCUT2D eigenvalue weighted by molar-refractivity contribution is -0.387. The summed E-state index contributed by atoms with van der Waals surface area (Å²) in [7, 11) is 0. The largest absolute Gasteiger partial charge is 0.454 e. The zero-order chi connectivity index (χ0) is 23.9. The van der Waals surface area contributed by atoms with Crippen LogP contribution in [-0.2, 0) is 4.74 Å². The molecule has 0 N–H and O–H groups in total. The molecule has 0 heterocycles. The van der Waals surface area contributed by atoms with Gasteiger partial charge in [0.2, 0.25) is 0 Å². The van der Waals surface area contributed by atoms with Crippen molar-refractivity contribution in [2.24, 2.45) is 0 Å². The highest BCUT2D eigenvalue weighted by atomic mass is 32.2. The fourth-order valence-corrected chi connectivity index (χ4v) is 5.08. The van der Waals surface area contributed by atoms with E-state index in [0.717, 1.165) is 4.90 Å². The number of ketones is 1. The molecule has 3 aromatic rings. The molecule has 3 aromatic carbocycles. The molecule has 0 radical (unpaired) electrons. The van der Waals surface area contributed by atoms with Crippen LogP contribution in [0.5, 0.6) is 0 Å². The number of benzene rings is 3. The highest BCUT2D eigenvalue weighted by molar-refractivity contribution is 7.99. The Morgan fingerprint density at radius 2 is 1.59 bits per heavy atom. The molecule has 0 aliphatic heterocycles. The first-order chi connectivity index (χ1) is 16.5. The second-order valence-electron chi connectivity index (χ2n) is 8.31. The van der Waals surface area contributed by atoms with E-state index >= 15 is 0 Å². The van der Waals surface area contributed by atoms with Crippen molar-refractivity contribution in [2.45, 2.75) is 47.8 Å². The van der Waals surface area contributed by atoms with Gasteiger partial charge in [0.25, 0.3) is 5.69 Å². The summed E-state index contributed by atoms with van der Waals surface area (Å²) in [4.78, 5) is 37.3. The second kappa shape index (κ2) is 11.1. The van der Waals surface area contributed by atoms with Gasteiger partial charge in [0, 0.05) is 16.5 Å². The number of esters is 1. The van der Waals surface area contributed by atoms with Crippen LogP contribution in [0, 0.1) is 10.1 Å². The molecular weight excluding hydrogens is 450 g/mol. The molecule has 174 valence electrons. The van der Waals surface area contributed by atoms with Gasteiger partial charge in [0.05, 0.1) is 15.4 Å². The number of rotatable bonds is 8. The third-order valence-corrected chi connectivity index (χ3v) is 7.08. The number of carbonyl (C=O) groups is 2. The Morgan fingerprint density at radius 1 is 0.912 bits per heavy atom. The van der Waals surface area contributed by atoms with Crippen LogP contribution in [-0.4, -0.2) is 23.3 Å². The van der Waals surface area contributed by atoms with Gasteiger partial charge in [-0.2, -0.15) is 0 Å². The summed E-state index contributed by atoms with van der Waals surface area (Å²) in [6.45, 7) is -0.421. The molecule has 0 unspecified atom stereocenters. The van der Waals surface area contributed by atoms with Crippen molar-refractivity contribution in [1.29, 1.82) is 0 Å². The summed E-state index contributed by atoms with van der Waals surface area (Å²) in [5.74, 6) is -0.532. The van der Waals surface area contributed by atoms with E-state index in [-0.39, 0.29) is 17.0 Å². The zero-order valence-electron chi connectivity index (χ0n) is 18.6. The van der Waals surface area contributed by atoms with Crippen LogP contribution < -0.4 is 0 Å². The molecule has 34 heavy (non-hydrogen) atoms. The monoisotopic (exact) mass is 475 g/mol. The highest BCUT2D eigenvalue weighted by Crippen LogP contribution is 2.35. The molecule has 1 aliphatic carbocycles. The highest BCUT2D eigenvalue weighted by Gasteiger charge is 2.21. The van der Waals surface area contributed by atoms with Crippen LogP contribution in [0.3, 0.4) is 0 Å². The fourth-order valence-electron chi connectivity index (χ4n) is 4.16. The standard InChI is InChI=1S/C27H25NO5S/c29-25(21-13-11-20(12-14-21)19-7-3-1-4-8-19)18-33-27(30)22-15-16-26(24(17-22)28(31)32)34-23-9-5-2-6-10-23/h2,5-6,9-17,19H,1,3-4,7-8,18H2. The SMILES string of the molecule is O=C(COC(=O)c1ccc(Sc2ccccc2)c([N+](=O)[O-])c1)c1ccc(C2CCCCC2)cc1. The van der Waals surface area contributed by atoms with Gasteiger partial charge in [-0.3, -0.25) is 14.9 Å². The normalized spacial score (nSPS) is 13.9. The third-order valence-electron chi connectivity index (χ3n) is 6.01. The zero-order valence-corrected chi connectivity index (χ0v) is 19.5. The predicted octanol–water partition coefficient (Wildman–Crippen LogP) is 6.83. The van der Waals surface area contributed by atoms with Gasteiger partial charge in [-0.25, -0.2) is 4.79 Å². The molecule has 0 bridgehead atoms. The Hall–Kier alpha value is -3.45. The summed E-state index contributed by atoms with van der Waals surface area (Å²) in [5, 5.41) is 11.6. The van der Waals surface area contributed by atoms with Crippen molar-refractivity contribution in [3.05, 3.63) is 99.6 Å². The average molecular weight is 476 g/mol. The number of nitrogens with zero attached hydrogens (tertiary/aromatic N) is 1. The molecule has 0 spiro atoms. The van der Waals surface area contributed by atoms with Crippen LogP contribution in [0.1, 0.15) is 64.3 Å². The van der Waals surface area contributed by atoms with Gasteiger partial charge in [-0.15, -0.1) is 0 Å². The average Bonchev–Trinajstić information content (AvgIpc) is 2.88. The fraction of sp³-hybridized carbons (Fsp3) is 0.259. The molecule has 1 saturated carbocycles. The van der Waals surface area contributed by atoms with Crippen molar-refractivity contribution >= 4 is 29.2 Å². The summed E-state index contributed by atoms with van der Waals surface area (Å²) >= 11 is 1.24. The first-order valence-electron chi connectivity index (χ1n) is 11.3. The molecule has 1 aliphatic rings. The number of ether oxygens (including phenoxy) is 1. The van der Waals surface area contributed by atoms with E-state index in [4.69, 9.17) is 4.74 Å². The van der Waals surface area contributed by atoms with Crippen LogP contribution in [0.2, 0.25) is 0 Å². The first-order valence-corrected chi connectivity index (χ1v) is 12.1. The van der Waals surface area contributed by atoms with Gasteiger partial charge in [0.15, 0.2) is 12.4 Å². The van der Waals surface area contributed by atoms with E-state index in [1.54, 1.807) is 12.1 Å². The maximum Gasteiger partial charge on any atom is 0.338 e. The number of carbonyl (C=O) groups excluding carboxylic acids is 2. The Labute approximate surface area is 202 Å². The van der Waals surface area contributed by atoms with E-state index < -0.39 is 17.5 Å². The summed E-state index contributed by atoms with van der Waals surface area (Å²) in [6, 6.07) is 21.0. The smallest absolute Gasteiger partial charge is 0.338 e. The maximum atomic E-state index is 12.5. The quantitative estimate of drug-likeness (QED) is 0.154. The van der Waals surface area contributed by atoms with Crippen molar-refractivity contribution < 1.29 is 19.2 Å². The lowest BCUT2D eigenvalue weighted by Crippen LogP contribution is -2.14. The van der Waals surface area contributed by atoms with Crippen LogP contribution in [0.25, 0.3) is 0 Å². The number of Topliss-reactive ketones (excluding diaryl/α,β-unsaturated/α-hetero) is 1. The number of hydrogen-bond acceptors (Lipinski definition) is 6. The van der Waals surface area contributed by atoms with E-state index in [9.17, 15) is 19.7 Å². The molecule has 0 amide bonds. The van der Waals surface area contributed by atoms with Crippen molar-refractivity contribution in [2.75, 3.05) is 6.61 Å². The molecule has 7 heteroatoms. The second-order valence-corrected chi connectivity index (χ2v) is 9.43. The lowest BCUT2D eigenvalue weighted by Gasteiger charge is -2.22. The molecule has 0 atom stereocenters. The van der Waals surface area contributed by atoms with Gasteiger partial charge in [-0.05, 0) is 48.6 Å².